The summed E-state index contributed by atoms with van der Waals surface area (Å²) in [5, 5.41) is 2.59. The fraction of sp³-hybridized carbons (Fsp3) is 0. The summed E-state index contributed by atoms with van der Waals surface area (Å²) in [6, 6.07) is 13.9. The Balaban J connectivity index is 2.51. The quantitative estimate of drug-likeness (QED) is 0.556. The molecular weight excluding hydrogens is 204 g/mol. The highest BCUT2D eigenvalue weighted by Gasteiger charge is 2.01. The summed E-state index contributed by atoms with van der Waals surface area (Å²) in [4.78, 5) is 0. The van der Waals surface area contributed by atoms with E-state index in [0.717, 1.165) is 16.5 Å². The zero-order valence-corrected chi connectivity index (χ0v) is 8.96. The van der Waals surface area contributed by atoms with Crippen molar-refractivity contribution in [3.05, 3.63) is 55.1 Å². The van der Waals surface area contributed by atoms with Crippen LogP contribution in [0.4, 0.5) is 0 Å². The maximum atomic E-state index is 5.49. The van der Waals surface area contributed by atoms with E-state index in [1.807, 2.05) is 42.5 Å². The maximum absolute atomic E-state index is 5.49. The second-order valence-corrected chi connectivity index (χ2v) is 3.50. The van der Waals surface area contributed by atoms with Crippen LogP contribution in [-0.4, -0.2) is 5.05 Å². The molecule has 2 rings (SSSR count). The predicted octanol–water partition coefficient (Wildman–Crippen LogP) is 3.73. The zero-order chi connectivity index (χ0) is 10.7. The van der Waals surface area contributed by atoms with Gasteiger partial charge in [0, 0.05) is 5.39 Å². The first-order chi connectivity index (χ1) is 7.31. The Kier molecular flexibility index (Phi) is 2.79. The molecule has 2 heteroatoms. The molecular formula is C13H10OS. The molecule has 0 N–H and O–H groups in total. The van der Waals surface area contributed by atoms with Crippen molar-refractivity contribution in [3.63, 3.8) is 0 Å². The molecule has 0 aliphatic carbocycles. The maximum Gasteiger partial charge on any atom is 0.190 e. The van der Waals surface area contributed by atoms with Crippen molar-refractivity contribution >= 4 is 28.0 Å². The lowest BCUT2D eigenvalue weighted by Crippen LogP contribution is -2.00. The molecule has 0 heterocycles. The molecule has 2 aromatic rings. The van der Waals surface area contributed by atoms with Crippen molar-refractivity contribution in [1.29, 1.82) is 0 Å². The third-order valence-corrected chi connectivity index (χ3v) is 2.38. The average Bonchev–Trinajstić information content (AvgIpc) is 2.29. The van der Waals surface area contributed by atoms with Crippen molar-refractivity contribution in [3.8, 4) is 5.75 Å². The number of hydrogen-bond acceptors (Lipinski definition) is 2. The first kappa shape index (κ1) is 9.87. The number of rotatable bonds is 2. The molecule has 0 aliphatic rings. The molecule has 15 heavy (non-hydrogen) atoms. The van der Waals surface area contributed by atoms with Crippen LogP contribution in [0.5, 0.6) is 5.75 Å². The number of fused-ring (bicyclic) bond motifs is 1. The molecule has 0 bridgehead atoms. The zero-order valence-electron chi connectivity index (χ0n) is 8.14. The lowest BCUT2D eigenvalue weighted by Gasteiger charge is -2.06. The summed E-state index contributed by atoms with van der Waals surface area (Å²) in [6.07, 6.45) is 1.52. The Hall–Kier alpha value is -1.67. The van der Waals surface area contributed by atoms with E-state index in [0.29, 0.717) is 5.05 Å². The fourth-order valence-corrected chi connectivity index (χ4v) is 1.52. The monoisotopic (exact) mass is 214 g/mol. The molecule has 0 saturated heterocycles. The third-order valence-electron chi connectivity index (χ3n) is 2.13. The smallest absolute Gasteiger partial charge is 0.190 e. The standard InChI is InChI=1S/C13H10OS/c1-2-13(15)14-12-9-5-7-10-6-3-4-8-11(10)12/h2-9H,1H2. The average molecular weight is 214 g/mol. The minimum atomic E-state index is 0.395. The second kappa shape index (κ2) is 4.24. The van der Waals surface area contributed by atoms with Gasteiger partial charge in [-0.15, -0.1) is 0 Å². The number of thiocarbonyl (C=S) groups is 1. The van der Waals surface area contributed by atoms with Gasteiger partial charge in [-0.25, -0.2) is 0 Å². The lowest BCUT2D eigenvalue weighted by molar-refractivity contribution is 0.576. The van der Waals surface area contributed by atoms with Gasteiger partial charge in [0.15, 0.2) is 5.05 Å². The molecule has 0 aliphatic heterocycles. The van der Waals surface area contributed by atoms with E-state index in [1.165, 1.54) is 6.08 Å². The van der Waals surface area contributed by atoms with E-state index in [2.05, 4.69) is 6.58 Å². The summed E-state index contributed by atoms with van der Waals surface area (Å²) in [6.45, 7) is 3.57. The van der Waals surface area contributed by atoms with Gasteiger partial charge in [-0.2, -0.15) is 0 Å². The predicted molar refractivity (Wildman–Crippen MR) is 67.4 cm³/mol. The van der Waals surface area contributed by atoms with Crippen LogP contribution in [0.3, 0.4) is 0 Å². The number of ether oxygens (including phenoxy) is 1. The van der Waals surface area contributed by atoms with E-state index in [1.54, 1.807) is 0 Å². The highest BCUT2D eigenvalue weighted by Crippen LogP contribution is 2.25. The fourth-order valence-electron chi connectivity index (χ4n) is 1.43. The number of benzene rings is 2. The summed E-state index contributed by atoms with van der Waals surface area (Å²) in [7, 11) is 0. The van der Waals surface area contributed by atoms with Crippen LogP contribution in [0.1, 0.15) is 0 Å². The molecule has 0 unspecified atom stereocenters. The highest BCUT2D eigenvalue weighted by atomic mass is 32.1. The summed E-state index contributed by atoms with van der Waals surface area (Å²) in [5.74, 6) is 0.776. The van der Waals surface area contributed by atoms with Crippen LogP contribution in [0, 0.1) is 0 Å². The van der Waals surface area contributed by atoms with Crippen molar-refractivity contribution in [1.82, 2.24) is 0 Å². The first-order valence-corrected chi connectivity index (χ1v) is 5.04. The van der Waals surface area contributed by atoms with Crippen LogP contribution >= 0.6 is 12.2 Å². The Morgan fingerprint density at radius 2 is 1.87 bits per heavy atom. The molecule has 0 radical (unpaired) electrons. The summed E-state index contributed by atoms with van der Waals surface area (Å²) >= 11 is 4.96. The molecule has 0 fully saturated rings. The molecule has 1 nitrogen and oxygen atoms in total. The first-order valence-electron chi connectivity index (χ1n) is 4.63. The van der Waals surface area contributed by atoms with Crippen molar-refractivity contribution in [2.24, 2.45) is 0 Å². The van der Waals surface area contributed by atoms with Crippen molar-refractivity contribution in [2.45, 2.75) is 0 Å². The van der Waals surface area contributed by atoms with Crippen molar-refractivity contribution in [2.75, 3.05) is 0 Å². The topological polar surface area (TPSA) is 9.23 Å². The molecule has 0 amide bonds. The SMILES string of the molecule is C=CC(=S)Oc1cccc2ccccc12. The van der Waals surface area contributed by atoms with E-state index < -0.39 is 0 Å². The number of hydrogen-bond donors (Lipinski definition) is 0. The largest absolute Gasteiger partial charge is 0.445 e. The van der Waals surface area contributed by atoms with Crippen LogP contribution in [0.15, 0.2) is 55.1 Å². The molecule has 0 spiro atoms. The van der Waals surface area contributed by atoms with Gasteiger partial charge >= 0.3 is 0 Å². The Bertz CT molecular complexity index is 511. The van der Waals surface area contributed by atoms with Crippen LogP contribution in [0.25, 0.3) is 10.8 Å². The molecule has 74 valence electrons. The van der Waals surface area contributed by atoms with Crippen LogP contribution < -0.4 is 4.74 Å². The van der Waals surface area contributed by atoms with E-state index in [9.17, 15) is 0 Å². The van der Waals surface area contributed by atoms with Gasteiger partial charge in [0.2, 0.25) is 0 Å². The van der Waals surface area contributed by atoms with E-state index in [-0.39, 0.29) is 0 Å². The van der Waals surface area contributed by atoms with Gasteiger partial charge in [0.05, 0.1) is 0 Å². The third kappa shape index (κ3) is 2.05. The lowest BCUT2D eigenvalue weighted by atomic mass is 10.1. The Labute approximate surface area is 94.0 Å². The highest BCUT2D eigenvalue weighted by molar-refractivity contribution is 7.80. The van der Waals surface area contributed by atoms with Crippen LogP contribution in [0.2, 0.25) is 0 Å². The van der Waals surface area contributed by atoms with Gasteiger partial charge in [0.1, 0.15) is 5.75 Å². The second-order valence-electron chi connectivity index (χ2n) is 3.10. The molecule has 2 aromatic carbocycles. The van der Waals surface area contributed by atoms with Crippen molar-refractivity contribution < 1.29 is 4.74 Å². The van der Waals surface area contributed by atoms with E-state index >= 15 is 0 Å². The summed E-state index contributed by atoms with van der Waals surface area (Å²) in [5.41, 5.74) is 0. The van der Waals surface area contributed by atoms with Gasteiger partial charge in [0.25, 0.3) is 0 Å². The molecule has 0 aromatic heterocycles. The van der Waals surface area contributed by atoms with Gasteiger partial charge in [-0.05, 0) is 29.7 Å². The Morgan fingerprint density at radius 3 is 2.67 bits per heavy atom. The minimum absolute atomic E-state index is 0.395. The molecule has 0 atom stereocenters. The molecule has 0 saturated carbocycles. The normalized spacial score (nSPS) is 9.87. The van der Waals surface area contributed by atoms with Gasteiger partial charge < -0.3 is 4.74 Å². The minimum Gasteiger partial charge on any atom is -0.445 e. The Morgan fingerprint density at radius 1 is 1.13 bits per heavy atom. The van der Waals surface area contributed by atoms with E-state index in [4.69, 9.17) is 17.0 Å². The summed E-state index contributed by atoms with van der Waals surface area (Å²) < 4.78 is 5.49. The van der Waals surface area contributed by atoms with Crippen LogP contribution in [-0.2, 0) is 0 Å². The van der Waals surface area contributed by atoms with Gasteiger partial charge in [-0.3, -0.25) is 0 Å². The van der Waals surface area contributed by atoms with Gasteiger partial charge in [-0.1, -0.05) is 43.0 Å².